The summed E-state index contributed by atoms with van der Waals surface area (Å²) in [4.78, 5) is 73.7. The average molecular weight is 800 g/mol. The van der Waals surface area contributed by atoms with Gasteiger partial charge in [-0.15, -0.1) is 11.3 Å². The van der Waals surface area contributed by atoms with Gasteiger partial charge in [0, 0.05) is 31.5 Å². The van der Waals surface area contributed by atoms with Crippen molar-refractivity contribution in [2.24, 2.45) is 5.92 Å². The maximum Gasteiger partial charge on any atom is 0.407 e. The van der Waals surface area contributed by atoms with Crippen molar-refractivity contribution >= 4 is 35.3 Å². The van der Waals surface area contributed by atoms with Gasteiger partial charge in [-0.3, -0.25) is 9.59 Å². The molecule has 16 nitrogen and oxygen atoms in total. The van der Waals surface area contributed by atoms with Crippen LogP contribution in [-0.2, 0) is 23.8 Å². The fraction of sp³-hybridized carbons (Fsp3) is 0.475. The number of hydrogen-bond acceptors (Lipinski definition) is 11. The number of carbonyl (C=O) groups is 4. The quantitative estimate of drug-likeness (QED) is 0.147. The molecule has 2 aliphatic heterocycles. The Morgan fingerprint density at radius 2 is 1.63 bits per heavy atom. The number of aromatic amines is 2. The van der Waals surface area contributed by atoms with Gasteiger partial charge in [-0.1, -0.05) is 44.7 Å². The van der Waals surface area contributed by atoms with Crippen molar-refractivity contribution in [1.29, 1.82) is 0 Å². The minimum atomic E-state index is -0.721. The van der Waals surface area contributed by atoms with Crippen molar-refractivity contribution in [3.8, 4) is 33.7 Å². The van der Waals surface area contributed by atoms with Gasteiger partial charge in [0.15, 0.2) is 5.01 Å². The summed E-state index contributed by atoms with van der Waals surface area (Å²) in [5.41, 5.74) is 3.30. The minimum Gasteiger partial charge on any atom is -0.453 e. The average Bonchev–Trinajstić information content (AvgIpc) is 4.05. The van der Waals surface area contributed by atoms with E-state index in [0.29, 0.717) is 49.3 Å². The van der Waals surface area contributed by atoms with E-state index in [1.54, 1.807) is 23.5 Å². The number of carbonyl (C=O) groups excluding carboxylic acids is 4. The molecule has 4 aromatic rings. The lowest BCUT2D eigenvalue weighted by molar-refractivity contribution is -0.135. The summed E-state index contributed by atoms with van der Waals surface area (Å²) in [5.74, 6) is 7.04. The van der Waals surface area contributed by atoms with Gasteiger partial charge in [-0.25, -0.2) is 24.5 Å². The molecule has 57 heavy (non-hydrogen) atoms. The number of thiazole rings is 1. The lowest BCUT2D eigenvalue weighted by atomic mass is 10.0. The van der Waals surface area contributed by atoms with E-state index >= 15 is 0 Å². The fourth-order valence-corrected chi connectivity index (χ4v) is 7.59. The van der Waals surface area contributed by atoms with Crippen molar-refractivity contribution in [2.45, 2.75) is 83.0 Å². The van der Waals surface area contributed by atoms with Crippen LogP contribution in [0.2, 0.25) is 0 Å². The van der Waals surface area contributed by atoms with Crippen molar-refractivity contribution in [1.82, 2.24) is 45.8 Å². The number of benzene rings is 1. The molecule has 2 saturated heterocycles. The van der Waals surface area contributed by atoms with Gasteiger partial charge in [0.05, 0.1) is 55.0 Å². The number of alkyl carbamates (subject to hydrolysis) is 2. The predicted octanol–water partition coefficient (Wildman–Crippen LogP) is 5.23. The second-order valence-corrected chi connectivity index (χ2v) is 15.3. The molecule has 4 atom stereocenters. The minimum absolute atomic E-state index is 0.114. The van der Waals surface area contributed by atoms with Crippen molar-refractivity contribution in [2.75, 3.05) is 34.0 Å². The Hall–Kier alpha value is -5.73. The molecular formula is C40H49N9O7S. The Kier molecular flexibility index (Phi) is 13.9. The number of imidazole rings is 2. The van der Waals surface area contributed by atoms with Gasteiger partial charge < -0.3 is 45.0 Å². The summed E-state index contributed by atoms with van der Waals surface area (Å²) >= 11 is 1.42. The van der Waals surface area contributed by atoms with E-state index in [1.807, 2.05) is 38.1 Å². The number of ether oxygens (including phenoxy) is 3. The van der Waals surface area contributed by atoms with Crippen LogP contribution in [-0.4, -0.2) is 99.9 Å². The molecule has 17 heteroatoms. The molecule has 0 bridgehead atoms. The van der Waals surface area contributed by atoms with E-state index < -0.39 is 30.3 Å². The molecule has 302 valence electrons. The van der Waals surface area contributed by atoms with Crippen molar-refractivity contribution in [3.05, 3.63) is 65.1 Å². The molecule has 0 saturated carbocycles. The summed E-state index contributed by atoms with van der Waals surface area (Å²) in [6.07, 6.45) is 9.05. The molecule has 5 heterocycles. The highest BCUT2D eigenvalue weighted by Crippen LogP contribution is 2.33. The largest absolute Gasteiger partial charge is 0.453 e. The standard InChI is InChI=1S/C40H49N9O7S/c1-24(2)34(48-40(53)55-4)38(51)49-18-8-10-31(49)36-43-21-29(44-36)26-14-11-25(12-15-26)13-16-33-41-23-32(57-33)30-22-42-35(45-30)27-17-20-56-19-7-5-6-9-28(37(50)46-27)47-39(52)54-3/h11-12,14-15,21-24,27-28,31,34H,5-10,17-20H2,1-4H3,(H,42,45)(H,43,44)(H,46,50)(H,47,52)(H,48,53)/t27-,28-,31-,34-/m0/s1. The number of aromatic nitrogens is 5. The first-order valence-electron chi connectivity index (χ1n) is 19.2. The summed E-state index contributed by atoms with van der Waals surface area (Å²) in [6.45, 7) is 5.43. The van der Waals surface area contributed by atoms with Crippen LogP contribution < -0.4 is 16.0 Å². The smallest absolute Gasteiger partial charge is 0.407 e. The van der Waals surface area contributed by atoms with Crippen molar-refractivity contribution in [3.63, 3.8) is 0 Å². The molecule has 5 N–H and O–H groups in total. The summed E-state index contributed by atoms with van der Waals surface area (Å²) in [5, 5.41) is 9.00. The number of amides is 4. The summed E-state index contributed by atoms with van der Waals surface area (Å²) in [7, 11) is 2.55. The number of likely N-dealkylation sites (tertiary alicyclic amines) is 1. The van der Waals surface area contributed by atoms with E-state index in [2.05, 4.69) is 52.7 Å². The van der Waals surface area contributed by atoms with E-state index in [9.17, 15) is 19.2 Å². The molecule has 0 spiro atoms. The van der Waals surface area contributed by atoms with Crippen LogP contribution >= 0.6 is 11.3 Å². The molecule has 1 aromatic carbocycles. The lowest BCUT2D eigenvalue weighted by Gasteiger charge is -2.30. The van der Waals surface area contributed by atoms with Crippen LogP contribution in [0, 0.1) is 17.8 Å². The zero-order chi connectivity index (χ0) is 40.3. The normalized spacial score (nSPS) is 19.6. The predicted molar refractivity (Wildman–Crippen MR) is 212 cm³/mol. The van der Waals surface area contributed by atoms with Crippen LogP contribution in [0.15, 0.2) is 42.9 Å². The van der Waals surface area contributed by atoms with Gasteiger partial charge in [-0.05, 0) is 61.6 Å². The Labute approximate surface area is 335 Å². The Bertz CT molecular complexity index is 2070. The molecule has 4 amide bonds. The number of nitrogens with one attached hydrogen (secondary N) is 5. The molecule has 6 rings (SSSR count). The highest BCUT2D eigenvalue weighted by molar-refractivity contribution is 7.15. The van der Waals surface area contributed by atoms with Crippen LogP contribution in [0.25, 0.3) is 21.8 Å². The molecule has 2 aliphatic rings. The van der Waals surface area contributed by atoms with Crippen LogP contribution in [0.5, 0.6) is 0 Å². The van der Waals surface area contributed by atoms with Crippen LogP contribution in [0.4, 0.5) is 9.59 Å². The van der Waals surface area contributed by atoms with E-state index in [-0.39, 0.29) is 23.8 Å². The molecule has 0 unspecified atom stereocenters. The molecule has 0 aliphatic carbocycles. The van der Waals surface area contributed by atoms with Gasteiger partial charge in [0.1, 0.15) is 23.7 Å². The molecule has 3 aromatic heterocycles. The van der Waals surface area contributed by atoms with Crippen LogP contribution in [0.3, 0.4) is 0 Å². The highest BCUT2D eigenvalue weighted by Gasteiger charge is 2.37. The summed E-state index contributed by atoms with van der Waals surface area (Å²) in [6, 6.07) is 5.69. The number of rotatable bonds is 8. The summed E-state index contributed by atoms with van der Waals surface area (Å²) < 4.78 is 15.3. The lowest BCUT2D eigenvalue weighted by Crippen LogP contribution is -2.51. The SMILES string of the molecule is COC(=O)N[C@H]1CCCCCOCC[C@@H](c2ncc(-c3cnc(C#Cc4ccc(-c5cnc([C@@H]6CCCN6C(=O)[C@@H](NC(=O)OC)C(C)C)[nH]5)cc4)s3)[nH]2)NC1=O. The maximum atomic E-state index is 13.5. The van der Waals surface area contributed by atoms with Gasteiger partial charge >= 0.3 is 12.2 Å². The first kappa shape index (κ1) is 40.9. The monoisotopic (exact) mass is 799 g/mol. The number of methoxy groups -OCH3 is 2. The fourth-order valence-electron chi connectivity index (χ4n) is 6.85. The second kappa shape index (κ2) is 19.4. The third-order valence-corrected chi connectivity index (χ3v) is 10.9. The zero-order valence-corrected chi connectivity index (χ0v) is 33.4. The maximum absolute atomic E-state index is 13.5. The van der Waals surface area contributed by atoms with E-state index in [0.717, 1.165) is 59.5 Å². The number of nitrogens with zero attached hydrogens (tertiary/aromatic N) is 4. The van der Waals surface area contributed by atoms with E-state index in [1.165, 1.54) is 25.6 Å². The van der Waals surface area contributed by atoms with Gasteiger partial charge in [0.2, 0.25) is 11.8 Å². The third kappa shape index (κ3) is 10.6. The number of H-pyrrole nitrogens is 2. The Morgan fingerprint density at radius 1 is 0.877 bits per heavy atom. The molecule has 2 fully saturated rings. The topological polar surface area (TPSA) is 206 Å². The Balaban J connectivity index is 1.09. The first-order chi connectivity index (χ1) is 27.6. The second-order valence-electron chi connectivity index (χ2n) is 14.3. The van der Waals surface area contributed by atoms with Gasteiger partial charge in [-0.2, -0.15) is 0 Å². The first-order valence-corrected chi connectivity index (χ1v) is 20.0. The third-order valence-electron chi connectivity index (χ3n) is 9.99. The molecule has 0 radical (unpaired) electrons. The molecular weight excluding hydrogens is 751 g/mol. The van der Waals surface area contributed by atoms with Crippen molar-refractivity contribution < 1.29 is 33.4 Å². The number of hydrogen-bond donors (Lipinski definition) is 5. The van der Waals surface area contributed by atoms with Gasteiger partial charge in [0.25, 0.3) is 0 Å². The Morgan fingerprint density at radius 3 is 2.40 bits per heavy atom. The van der Waals surface area contributed by atoms with Crippen LogP contribution in [0.1, 0.15) is 93.1 Å². The van der Waals surface area contributed by atoms with E-state index in [4.69, 9.17) is 14.2 Å². The zero-order valence-electron chi connectivity index (χ0n) is 32.6. The highest BCUT2D eigenvalue weighted by atomic mass is 32.1.